The second kappa shape index (κ2) is 9.39. The Labute approximate surface area is 122 Å². The molecule has 5 N–H and O–H groups in total. The van der Waals surface area contributed by atoms with E-state index in [9.17, 15) is 0 Å². The van der Waals surface area contributed by atoms with E-state index in [0.717, 1.165) is 44.7 Å². The van der Waals surface area contributed by atoms with Gasteiger partial charge in [-0.2, -0.15) is 0 Å². The molecule has 1 aromatic rings. The minimum Gasteiger partial charge on any atom is -0.398 e. The number of benzene rings is 1. The van der Waals surface area contributed by atoms with Crippen molar-refractivity contribution in [1.82, 2.24) is 10.2 Å². The number of hydrogen-bond donors (Lipinski definition) is 3. The van der Waals surface area contributed by atoms with E-state index in [0.29, 0.717) is 6.54 Å². The number of rotatable bonds is 10. The Bertz CT molecular complexity index is 403. The van der Waals surface area contributed by atoms with Crippen LogP contribution in [0.4, 0.5) is 5.69 Å². The molecule has 0 radical (unpaired) electrons. The number of nitrogens with one attached hydrogen (secondary N) is 1. The standard InChI is InChI=1S/C16H28N4/c1-3-5-14-6-7-16(18)15(12-14)13-19-9-11-20(4-2)10-8-17/h4,6-7,12,19H,2-3,5,8-11,13,17-18H2,1H3. The van der Waals surface area contributed by atoms with Crippen LogP contribution in [0.15, 0.2) is 31.0 Å². The van der Waals surface area contributed by atoms with Crippen molar-refractivity contribution in [2.45, 2.75) is 26.3 Å². The minimum absolute atomic E-state index is 0.651. The second-order valence-electron chi connectivity index (χ2n) is 4.97. The molecule has 0 bridgehead atoms. The first kappa shape index (κ1) is 16.5. The molecule has 4 heteroatoms. The SMILES string of the molecule is C=CN(CCN)CCNCc1cc(CCC)ccc1N. The topological polar surface area (TPSA) is 67.3 Å². The molecule has 0 heterocycles. The number of nitrogens with two attached hydrogens (primary N) is 2. The number of hydrogen-bond acceptors (Lipinski definition) is 4. The van der Waals surface area contributed by atoms with E-state index >= 15 is 0 Å². The van der Waals surface area contributed by atoms with E-state index in [4.69, 9.17) is 11.5 Å². The minimum atomic E-state index is 0.651. The van der Waals surface area contributed by atoms with Gasteiger partial charge in [-0.05, 0) is 29.8 Å². The number of aryl methyl sites for hydroxylation is 1. The summed E-state index contributed by atoms with van der Waals surface area (Å²) in [5, 5.41) is 3.42. The first-order chi connectivity index (χ1) is 9.71. The maximum Gasteiger partial charge on any atom is 0.0359 e. The Morgan fingerprint density at radius 2 is 2.15 bits per heavy atom. The molecule has 0 aliphatic rings. The number of nitrogens with zero attached hydrogens (tertiary/aromatic N) is 1. The van der Waals surface area contributed by atoms with Gasteiger partial charge in [0.25, 0.3) is 0 Å². The molecule has 0 saturated heterocycles. The average Bonchev–Trinajstić information content (AvgIpc) is 2.45. The summed E-state index contributed by atoms with van der Waals surface area (Å²) in [7, 11) is 0. The molecule has 4 nitrogen and oxygen atoms in total. The lowest BCUT2D eigenvalue weighted by Gasteiger charge is -2.19. The van der Waals surface area contributed by atoms with E-state index in [1.165, 1.54) is 11.1 Å². The molecule has 0 atom stereocenters. The van der Waals surface area contributed by atoms with Crippen molar-refractivity contribution in [3.05, 3.63) is 42.1 Å². The van der Waals surface area contributed by atoms with Gasteiger partial charge in [-0.3, -0.25) is 0 Å². The zero-order valence-corrected chi connectivity index (χ0v) is 12.6. The smallest absolute Gasteiger partial charge is 0.0359 e. The predicted octanol–water partition coefficient (Wildman–Crippen LogP) is 1.72. The summed E-state index contributed by atoms with van der Waals surface area (Å²) in [6, 6.07) is 6.33. The molecule has 20 heavy (non-hydrogen) atoms. The van der Waals surface area contributed by atoms with Crippen molar-refractivity contribution in [2.75, 3.05) is 31.9 Å². The fourth-order valence-corrected chi connectivity index (χ4v) is 2.16. The van der Waals surface area contributed by atoms with Crippen molar-refractivity contribution < 1.29 is 0 Å². The van der Waals surface area contributed by atoms with Crippen LogP contribution in [0.3, 0.4) is 0 Å². The molecule has 0 aliphatic heterocycles. The molecule has 112 valence electrons. The highest BCUT2D eigenvalue weighted by Crippen LogP contribution is 2.15. The third-order valence-corrected chi connectivity index (χ3v) is 3.31. The predicted molar refractivity (Wildman–Crippen MR) is 87.4 cm³/mol. The van der Waals surface area contributed by atoms with Crippen LogP contribution in [0.1, 0.15) is 24.5 Å². The van der Waals surface area contributed by atoms with Gasteiger partial charge >= 0.3 is 0 Å². The average molecular weight is 276 g/mol. The highest BCUT2D eigenvalue weighted by atomic mass is 15.1. The second-order valence-corrected chi connectivity index (χ2v) is 4.97. The van der Waals surface area contributed by atoms with Crippen molar-refractivity contribution in [3.63, 3.8) is 0 Å². The Morgan fingerprint density at radius 3 is 2.80 bits per heavy atom. The lowest BCUT2D eigenvalue weighted by atomic mass is 10.1. The van der Waals surface area contributed by atoms with Gasteiger partial charge in [0.2, 0.25) is 0 Å². The Kier molecular flexibility index (Phi) is 7.77. The highest BCUT2D eigenvalue weighted by molar-refractivity contribution is 5.48. The van der Waals surface area contributed by atoms with Crippen LogP contribution < -0.4 is 16.8 Å². The Morgan fingerprint density at radius 1 is 1.35 bits per heavy atom. The van der Waals surface area contributed by atoms with Crippen molar-refractivity contribution >= 4 is 5.69 Å². The zero-order valence-electron chi connectivity index (χ0n) is 12.6. The quantitative estimate of drug-likeness (QED) is 0.449. The molecule has 0 saturated carbocycles. The van der Waals surface area contributed by atoms with Gasteiger partial charge in [-0.25, -0.2) is 0 Å². The van der Waals surface area contributed by atoms with Gasteiger partial charge in [0.15, 0.2) is 0 Å². The normalized spacial score (nSPS) is 10.5. The molecular weight excluding hydrogens is 248 g/mol. The number of anilines is 1. The van der Waals surface area contributed by atoms with E-state index in [1.54, 1.807) is 0 Å². The van der Waals surface area contributed by atoms with E-state index in [-0.39, 0.29) is 0 Å². The van der Waals surface area contributed by atoms with Gasteiger partial charge in [-0.15, -0.1) is 0 Å². The largest absolute Gasteiger partial charge is 0.398 e. The summed E-state index contributed by atoms with van der Waals surface area (Å²) in [6.45, 7) is 10.1. The molecule has 1 aromatic carbocycles. The summed E-state index contributed by atoms with van der Waals surface area (Å²) in [5.74, 6) is 0. The summed E-state index contributed by atoms with van der Waals surface area (Å²) in [4.78, 5) is 2.11. The van der Waals surface area contributed by atoms with Gasteiger partial charge in [0.05, 0.1) is 0 Å². The lowest BCUT2D eigenvalue weighted by molar-refractivity contribution is 0.380. The first-order valence-electron chi connectivity index (χ1n) is 7.36. The summed E-state index contributed by atoms with van der Waals surface area (Å²) >= 11 is 0. The molecule has 1 rings (SSSR count). The first-order valence-corrected chi connectivity index (χ1v) is 7.36. The van der Waals surface area contributed by atoms with Crippen LogP contribution >= 0.6 is 0 Å². The van der Waals surface area contributed by atoms with E-state index in [1.807, 2.05) is 12.3 Å². The van der Waals surface area contributed by atoms with Crippen LogP contribution in [-0.4, -0.2) is 31.1 Å². The Hall–Kier alpha value is -1.52. The maximum atomic E-state index is 6.02. The molecule has 0 amide bonds. The summed E-state index contributed by atoms with van der Waals surface area (Å²) < 4.78 is 0. The van der Waals surface area contributed by atoms with Crippen LogP contribution in [0.2, 0.25) is 0 Å². The Balaban J connectivity index is 2.41. The third kappa shape index (κ3) is 5.63. The fourth-order valence-electron chi connectivity index (χ4n) is 2.16. The number of nitrogen functional groups attached to an aromatic ring is 1. The van der Waals surface area contributed by atoms with Crippen molar-refractivity contribution in [2.24, 2.45) is 5.73 Å². The van der Waals surface area contributed by atoms with E-state index < -0.39 is 0 Å². The van der Waals surface area contributed by atoms with Crippen LogP contribution in [-0.2, 0) is 13.0 Å². The molecule has 0 unspecified atom stereocenters. The molecular formula is C16H28N4. The summed E-state index contributed by atoms with van der Waals surface area (Å²) in [5.41, 5.74) is 15.0. The van der Waals surface area contributed by atoms with Crippen LogP contribution in [0, 0.1) is 0 Å². The molecule has 0 aromatic heterocycles. The lowest BCUT2D eigenvalue weighted by Crippen LogP contribution is -2.31. The van der Waals surface area contributed by atoms with Crippen LogP contribution in [0.5, 0.6) is 0 Å². The highest BCUT2D eigenvalue weighted by Gasteiger charge is 2.02. The maximum absolute atomic E-state index is 6.02. The van der Waals surface area contributed by atoms with Crippen molar-refractivity contribution in [3.8, 4) is 0 Å². The van der Waals surface area contributed by atoms with E-state index in [2.05, 4.69) is 35.9 Å². The van der Waals surface area contributed by atoms with Gasteiger partial charge in [0, 0.05) is 38.4 Å². The zero-order chi connectivity index (χ0) is 14.8. The van der Waals surface area contributed by atoms with Crippen molar-refractivity contribution in [1.29, 1.82) is 0 Å². The molecule has 0 spiro atoms. The van der Waals surface area contributed by atoms with Gasteiger partial charge in [-0.1, -0.05) is 32.1 Å². The van der Waals surface area contributed by atoms with Gasteiger partial charge < -0.3 is 21.7 Å². The monoisotopic (exact) mass is 276 g/mol. The van der Waals surface area contributed by atoms with Gasteiger partial charge in [0.1, 0.15) is 0 Å². The fraction of sp³-hybridized carbons (Fsp3) is 0.500. The molecule has 0 aliphatic carbocycles. The van der Waals surface area contributed by atoms with Crippen LogP contribution in [0.25, 0.3) is 0 Å². The summed E-state index contributed by atoms with van der Waals surface area (Å²) in [6.07, 6.45) is 4.10. The molecule has 0 fully saturated rings. The third-order valence-electron chi connectivity index (χ3n) is 3.31.